The number of hydrogen-bond acceptors (Lipinski definition) is 3. The molecule has 25 heavy (non-hydrogen) atoms. The van der Waals surface area contributed by atoms with Crippen LogP contribution < -0.4 is 0 Å². The summed E-state index contributed by atoms with van der Waals surface area (Å²) in [5.74, 6) is 1.73. The van der Waals surface area contributed by atoms with Gasteiger partial charge in [-0.2, -0.15) is 0 Å². The van der Waals surface area contributed by atoms with E-state index in [0.717, 1.165) is 4.47 Å². The Morgan fingerprint density at radius 1 is 1.32 bits per heavy atom. The first-order valence-electron chi connectivity index (χ1n) is 7.17. The molecule has 0 radical (unpaired) electrons. The van der Waals surface area contributed by atoms with E-state index in [2.05, 4.69) is 32.1 Å². The lowest BCUT2D eigenvalue weighted by Crippen LogP contribution is -1.94. The van der Waals surface area contributed by atoms with Gasteiger partial charge >= 0.3 is 0 Å². The van der Waals surface area contributed by atoms with Crippen molar-refractivity contribution in [2.24, 2.45) is 10.2 Å². The van der Waals surface area contributed by atoms with E-state index in [1.807, 2.05) is 6.07 Å². The Morgan fingerprint density at radius 2 is 2.08 bits per heavy atom. The molecule has 1 heterocycles. The quantitative estimate of drug-likeness (QED) is 0.464. The summed E-state index contributed by atoms with van der Waals surface area (Å²) in [5.41, 5.74) is 1.10. The molecule has 0 aliphatic heterocycles. The molecule has 1 aromatic heterocycles. The second-order valence-corrected chi connectivity index (χ2v) is 6.43. The first-order valence-corrected chi connectivity index (χ1v) is 8.34. The number of fused-ring (bicyclic) bond motifs is 1. The third-order valence-corrected chi connectivity index (χ3v) is 4.39. The number of nitrogens with zero attached hydrogens (tertiary/aromatic N) is 3. The van der Waals surface area contributed by atoms with Crippen molar-refractivity contribution < 1.29 is 9.90 Å². The van der Waals surface area contributed by atoms with Crippen molar-refractivity contribution in [2.75, 3.05) is 0 Å². The SMILES string of the molecule is C#CCn1c(O)c(N=NC(=O)c2ccccc2Cl)c2cc(Br)ccc21. The number of azo groups is 1. The number of terminal acetylenes is 1. The first kappa shape index (κ1) is 17.2. The van der Waals surface area contributed by atoms with Gasteiger partial charge in [0, 0.05) is 9.86 Å². The number of amides is 1. The highest BCUT2D eigenvalue weighted by Crippen LogP contribution is 2.40. The second-order valence-electron chi connectivity index (χ2n) is 5.11. The highest BCUT2D eigenvalue weighted by atomic mass is 79.9. The van der Waals surface area contributed by atoms with Crippen molar-refractivity contribution in [3.63, 3.8) is 0 Å². The van der Waals surface area contributed by atoms with Crippen LogP contribution >= 0.6 is 27.5 Å². The van der Waals surface area contributed by atoms with E-state index in [4.69, 9.17) is 18.0 Å². The van der Waals surface area contributed by atoms with E-state index >= 15 is 0 Å². The monoisotopic (exact) mass is 415 g/mol. The molecule has 2 aromatic carbocycles. The van der Waals surface area contributed by atoms with Gasteiger partial charge in [-0.3, -0.25) is 9.36 Å². The fraction of sp³-hybridized carbons (Fsp3) is 0.0556. The number of halogens is 2. The summed E-state index contributed by atoms with van der Waals surface area (Å²) in [6.07, 6.45) is 5.36. The molecule has 0 fully saturated rings. The lowest BCUT2D eigenvalue weighted by molar-refractivity contribution is 0.0995. The normalized spacial score (nSPS) is 11.1. The molecule has 124 valence electrons. The molecule has 0 spiro atoms. The van der Waals surface area contributed by atoms with Gasteiger partial charge in [-0.1, -0.05) is 45.6 Å². The van der Waals surface area contributed by atoms with Crippen molar-refractivity contribution in [1.29, 1.82) is 0 Å². The zero-order chi connectivity index (χ0) is 18.0. The van der Waals surface area contributed by atoms with Crippen LogP contribution in [0.15, 0.2) is 57.2 Å². The predicted molar refractivity (Wildman–Crippen MR) is 100 cm³/mol. The van der Waals surface area contributed by atoms with Crippen LogP contribution in [0.25, 0.3) is 10.9 Å². The van der Waals surface area contributed by atoms with E-state index in [1.165, 1.54) is 4.57 Å². The maximum atomic E-state index is 12.2. The Labute approximate surface area is 157 Å². The maximum absolute atomic E-state index is 12.2. The van der Waals surface area contributed by atoms with Crippen LogP contribution in [0.1, 0.15) is 10.4 Å². The molecular formula is C18H11BrClN3O2. The zero-order valence-electron chi connectivity index (χ0n) is 12.8. The number of aromatic nitrogens is 1. The van der Waals surface area contributed by atoms with E-state index < -0.39 is 5.91 Å². The Bertz CT molecular complexity index is 1050. The number of aromatic hydroxyl groups is 1. The van der Waals surface area contributed by atoms with Gasteiger partial charge in [-0.15, -0.1) is 16.7 Å². The highest BCUT2D eigenvalue weighted by Gasteiger charge is 2.17. The molecule has 1 amide bonds. The Morgan fingerprint density at radius 3 is 2.80 bits per heavy atom. The average Bonchev–Trinajstić information content (AvgIpc) is 2.85. The Kier molecular flexibility index (Phi) is 4.88. The lowest BCUT2D eigenvalue weighted by Gasteiger charge is -2.00. The maximum Gasteiger partial charge on any atom is 0.296 e. The van der Waals surface area contributed by atoms with Gasteiger partial charge in [0.1, 0.15) is 0 Å². The Hall–Kier alpha value is -2.62. The zero-order valence-corrected chi connectivity index (χ0v) is 15.1. The molecule has 0 atom stereocenters. The van der Waals surface area contributed by atoms with Crippen LogP contribution in [-0.2, 0) is 6.54 Å². The smallest absolute Gasteiger partial charge is 0.296 e. The molecule has 1 N–H and O–H groups in total. The minimum absolute atomic E-state index is 0.151. The summed E-state index contributed by atoms with van der Waals surface area (Å²) in [6, 6.07) is 11.9. The number of benzene rings is 2. The van der Waals surface area contributed by atoms with Crippen LogP contribution in [0, 0.1) is 12.3 Å². The first-order chi connectivity index (χ1) is 12.0. The fourth-order valence-corrected chi connectivity index (χ4v) is 3.01. The van der Waals surface area contributed by atoms with Gasteiger partial charge in [-0.05, 0) is 30.3 Å². The van der Waals surface area contributed by atoms with Crippen molar-refractivity contribution in [1.82, 2.24) is 4.57 Å². The molecule has 0 aliphatic carbocycles. The van der Waals surface area contributed by atoms with Crippen molar-refractivity contribution in [3.8, 4) is 18.2 Å². The van der Waals surface area contributed by atoms with E-state index in [1.54, 1.807) is 36.4 Å². The number of carbonyl (C=O) groups excluding carboxylic acids is 1. The lowest BCUT2D eigenvalue weighted by atomic mass is 10.2. The van der Waals surface area contributed by atoms with Gasteiger partial charge in [0.2, 0.25) is 5.88 Å². The van der Waals surface area contributed by atoms with Crippen LogP contribution in [0.4, 0.5) is 5.69 Å². The molecular weight excluding hydrogens is 406 g/mol. The third-order valence-electron chi connectivity index (χ3n) is 3.57. The minimum atomic E-state index is -0.599. The Balaban J connectivity index is 2.08. The number of carbonyl (C=O) groups is 1. The highest BCUT2D eigenvalue weighted by molar-refractivity contribution is 9.10. The summed E-state index contributed by atoms with van der Waals surface area (Å²) < 4.78 is 2.32. The van der Waals surface area contributed by atoms with Gasteiger partial charge in [-0.25, -0.2) is 0 Å². The second kappa shape index (κ2) is 7.09. The summed E-state index contributed by atoms with van der Waals surface area (Å²) in [4.78, 5) is 12.2. The van der Waals surface area contributed by atoms with Crippen LogP contribution in [0.2, 0.25) is 5.02 Å². The van der Waals surface area contributed by atoms with Crippen molar-refractivity contribution in [2.45, 2.75) is 6.54 Å². The van der Waals surface area contributed by atoms with E-state index in [0.29, 0.717) is 10.9 Å². The summed E-state index contributed by atoms with van der Waals surface area (Å²) >= 11 is 9.37. The molecule has 5 nitrogen and oxygen atoms in total. The summed E-state index contributed by atoms with van der Waals surface area (Å²) in [6.45, 7) is 0.165. The minimum Gasteiger partial charge on any atom is -0.493 e. The molecule has 0 unspecified atom stereocenters. The van der Waals surface area contributed by atoms with Gasteiger partial charge in [0.05, 0.1) is 22.6 Å². The standard InChI is InChI=1S/C18H11BrClN3O2/c1-2-9-23-15-8-7-11(19)10-13(15)16(18(23)25)21-22-17(24)12-5-3-4-6-14(12)20/h1,3-8,10,25H,9H2. The molecule has 0 saturated carbocycles. The molecule has 0 aliphatic rings. The molecule has 7 heteroatoms. The largest absolute Gasteiger partial charge is 0.493 e. The third kappa shape index (κ3) is 3.29. The van der Waals surface area contributed by atoms with Gasteiger partial charge in [0.15, 0.2) is 5.69 Å². The molecule has 0 bridgehead atoms. The number of rotatable bonds is 3. The molecule has 0 saturated heterocycles. The van der Waals surface area contributed by atoms with Crippen molar-refractivity contribution >= 4 is 50.0 Å². The van der Waals surface area contributed by atoms with Gasteiger partial charge < -0.3 is 5.11 Å². The summed E-state index contributed by atoms with van der Waals surface area (Å²) in [7, 11) is 0. The summed E-state index contributed by atoms with van der Waals surface area (Å²) in [5, 5.41) is 19.0. The molecule has 3 rings (SSSR count). The topological polar surface area (TPSA) is 66.9 Å². The number of hydrogen-bond donors (Lipinski definition) is 1. The van der Waals surface area contributed by atoms with Gasteiger partial charge in [0.25, 0.3) is 5.91 Å². The molecule has 3 aromatic rings. The van der Waals surface area contributed by atoms with E-state index in [-0.39, 0.29) is 28.7 Å². The predicted octanol–water partition coefficient (Wildman–Crippen LogP) is 5.32. The van der Waals surface area contributed by atoms with E-state index in [9.17, 15) is 9.90 Å². The fourth-order valence-electron chi connectivity index (χ4n) is 2.43. The average molecular weight is 417 g/mol. The van der Waals surface area contributed by atoms with Crippen LogP contribution in [-0.4, -0.2) is 15.6 Å². The van der Waals surface area contributed by atoms with Crippen molar-refractivity contribution in [3.05, 3.63) is 57.5 Å². The van der Waals surface area contributed by atoms with Crippen LogP contribution in [0.3, 0.4) is 0 Å². The van der Waals surface area contributed by atoms with Crippen LogP contribution in [0.5, 0.6) is 5.88 Å².